The van der Waals surface area contributed by atoms with Gasteiger partial charge in [-0.2, -0.15) is 0 Å². The standard InChI is InChI=1S/C10H15N2O9P/c1-19-22(17,18)20-4-5-7(14)8(15)9(21-5)12-3-2-6(13)11-10(12)16/h2-3,5,7-9,14-15H,4H2,1H3,(H,17,18)(H,11,13,16)/t5-,7?,8+,9-/m1/s1. The van der Waals surface area contributed by atoms with Crippen molar-refractivity contribution in [2.75, 3.05) is 13.7 Å². The quantitative estimate of drug-likeness (QED) is 0.442. The number of aliphatic hydroxyl groups excluding tert-OH is 2. The van der Waals surface area contributed by atoms with Crippen LogP contribution in [0.3, 0.4) is 0 Å². The van der Waals surface area contributed by atoms with Crippen molar-refractivity contribution in [2.45, 2.75) is 24.5 Å². The second-order valence-corrected chi connectivity index (χ2v) is 6.07. The maximum absolute atomic E-state index is 11.6. The highest BCUT2D eigenvalue weighted by Gasteiger charge is 2.45. The Labute approximate surface area is 123 Å². The number of hydrogen-bond acceptors (Lipinski definition) is 8. The first-order chi connectivity index (χ1) is 10.2. The third-order valence-electron chi connectivity index (χ3n) is 3.10. The lowest BCUT2D eigenvalue weighted by Gasteiger charge is -2.17. The molecule has 2 unspecified atom stereocenters. The zero-order valence-corrected chi connectivity index (χ0v) is 12.3. The van der Waals surface area contributed by atoms with Crippen molar-refractivity contribution in [3.05, 3.63) is 33.1 Å². The summed E-state index contributed by atoms with van der Waals surface area (Å²) >= 11 is 0. The lowest BCUT2D eigenvalue weighted by molar-refractivity contribution is -0.0547. The zero-order chi connectivity index (χ0) is 16.5. The van der Waals surface area contributed by atoms with Crippen LogP contribution in [0.2, 0.25) is 0 Å². The van der Waals surface area contributed by atoms with E-state index in [1.165, 1.54) is 0 Å². The second-order valence-electron chi connectivity index (χ2n) is 4.51. The van der Waals surface area contributed by atoms with Crippen molar-refractivity contribution in [1.29, 1.82) is 0 Å². The van der Waals surface area contributed by atoms with Crippen LogP contribution in [0.4, 0.5) is 0 Å². The molecule has 0 aromatic carbocycles. The van der Waals surface area contributed by atoms with Crippen molar-refractivity contribution < 1.29 is 33.5 Å². The van der Waals surface area contributed by atoms with Gasteiger partial charge in [-0.3, -0.25) is 23.4 Å². The molecule has 1 aliphatic rings. The van der Waals surface area contributed by atoms with Crippen molar-refractivity contribution in [2.24, 2.45) is 0 Å². The fraction of sp³-hybridized carbons (Fsp3) is 0.600. The number of aliphatic hydroxyl groups is 2. The summed E-state index contributed by atoms with van der Waals surface area (Å²) in [6, 6.07) is 1.04. The van der Waals surface area contributed by atoms with E-state index >= 15 is 0 Å². The monoisotopic (exact) mass is 338 g/mol. The smallest absolute Gasteiger partial charge is 0.387 e. The third-order valence-corrected chi connectivity index (χ3v) is 4.03. The molecule has 4 N–H and O–H groups in total. The fourth-order valence-electron chi connectivity index (χ4n) is 1.94. The highest BCUT2D eigenvalue weighted by molar-refractivity contribution is 7.47. The Kier molecular flexibility index (Phi) is 4.97. The maximum atomic E-state index is 11.6. The van der Waals surface area contributed by atoms with Crippen LogP contribution in [0.25, 0.3) is 0 Å². The largest absolute Gasteiger partial charge is 0.472 e. The molecule has 124 valence electrons. The molecule has 2 heterocycles. The summed E-state index contributed by atoms with van der Waals surface area (Å²) < 4.78 is 26.1. The molecule has 11 nitrogen and oxygen atoms in total. The van der Waals surface area contributed by atoms with Crippen molar-refractivity contribution in [3.63, 3.8) is 0 Å². The molecule has 0 saturated carbocycles. The molecule has 1 fully saturated rings. The summed E-state index contributed by atoms with van der Waals surface area (Å²) in [5.74, 6) is 0. The van der Waals surface area contributed by atoms with Gasteiger partial charge in [0.2, 0.25) is 0 Å². The molecule has 1 saturated heterocycles. The van der Waals surface area contributed by atoms with Gasteiger partial charge in [-0.25, -0.2) is 9.36 Å². The Morgan fingerprint density at radius 1 is 1.41 bits per heavy atom. The fourth-order valence-corrected chi connectivity index (χ4v) is 2.39. The Morgan fingerprint density at radius 3 is 2.68 bits per heavy atom. The predicted molar refractivity (Wildman–Crippen MR) is 70.0 cm³/mol. The van der Waals surface area contributed by atoms with E-state index in [0.29, 0.717) is 0 Å². The normalized spacial score (nSPS) is 31.1. The SMILES string of the molecule is COP(=O)(O)OC[C@H]1O[C@@H](n2ccc(=O)[nH]c2=O)[C@@H](O)C1O. The van der Waals surface area contributed by atoms with E-state index in [1.807, 2.05) is 4.98 Å². The van der Waals surface area contributed by atoms with Crippen LogP contribution in [0.1, 0.15) is 6.23 Å². The molecule has 0 amide bonds. The van der Waals surface area contributed by atoms with E-state index in [0.717, 1.165) is 23.9 Å². The molecule has 2 rings (SSSR count). The number of phosphoric acid groups is 1. The minimum absolute atomic E-state index is 0.547. The van der Waals surface area contributed by atoms with E-state index < -0.39 is 50.2 Å². The lowest BCUT2D eigenvalue weighted by Crippen LogP contribution is -2.37. The Morgan fingerprint density at radius 2 is 2.09 bits per heavy atom. The van der Waals surface area contributed by atoms with Gasteiger partial charge in [-0.15, -0.1) is 0 Å². The molecular weight excluding hydrogens is 323 g/mol. The van der Waals surface area contributed by atoms with E-state index in [1.54, 1.807) is 0 Å². The van der Waals surface area contributed by atoms with Crippen LogP contribution >= 0.6 is 7.82 Å². The Balaban J connectivity index is 2.15. The molecule has 1 aromatic rings. The highest BCUT2D eigenvalue weighted by atomic mass is 31.2. The number of ether oxygens (including phenoxy) is 1. The summed E-state index contributed by atoms with van der Waals surface area (Å²) in [4.78, 5) is 33.7. The van der Waals surface area contributed by atoms with Gasteiger partial charge in [0.15, 0.2) is 6.23 Å². The topological polar surface area (TPSA) is 160 Å². The van der Waals surface area contributed by atoms with Crippen molar-refractivity contribution in [1.82, 2.24) is 9.55 Å². The summed E-state index contributed by atoms with van der Waals surface area (Å²) in [5.41, 5.74) is -1.47. The molecule has 12 heteroatoms. The van der Waals surface area contributed by atoms with Gasteiger partial charge in [0.05, 0.1) is 6.61 Å². The van der Waals surface area contributed by atoms with Crippen LogP contribution in [0.15, 0.2) is 21.9 Å². The van der Waals surface area contributed by atoms with Gasteiger partial charge in [0, 0.05) is 19.4 Å². The lowest BCUT2D eigenvalue weighted by atomic mass is 10.1. The number of hydrogen-bond donors (Lipinski definition) is 4. The second kappa shape index (κ2) is 6.42. The number of phosphoric ester groups is 1. The van der Waals surface area contributed by atoms with E-state index in [2.05, 4.69) is 9.05 Å². The molecular formula is C10H15N2O9P. The summed E-state index contributed by atoms with van der Waals surface area (Å²) in [7, 11) is -3.31. The Hall–Kier alpha value is -1.33. The van der Waals surface area contributed by atoms with E-state index in [9.17, 15) is 24.4 Å². The van der Waals surface area contributed by atoms with Gasteiger partial charge in [0.25, 0.3) is 5.56 Å². The highest BCUT2D eigenvalue weighted by Crippen LogP contribution is 2.43. The zero-order valence-electron chi connectivity index (χ0n) is 11.4. The van der Waals surface area contributed by atoms with Gasteiger partial charge in [-0.1, -0.05) is 0 Å². The summed E-state index contributed by atoms with van der Waals surface area (Å²) in [6.45, 7) is -0.547. The molecule has 0 aliphatic carbocycles. The van der Waals surface area contributed by atoms with Gasteiger partial charge in [-0.05, 0) is 0 Å². The van der Waals surface area contributed by atoms with Crippen molar-refractivity contribution in [3.8, 4) is 0 Å². The molecule has 1 aromatic heterocycles. The van der Waals surface area contributed by atoms with Crippen LogP contribution in [-0.2, 0) is 18.3 Å². The molecule has 5 atom stereocenters. The predicted octanol–water partition coefficient (Wildman–Crippen LogP) is -2.08. The summed E-state index contributed by atoms with van der Waals surface area (Å²) in [6.07, 6.45) is -4.33. The summed E-state index contributed by atoms with van der Waals surface area (Å²) in [5, 5.41) is 19.8. The minimum Gasteiger partial charge on any atom is -0.387 e. The maximum Gasteiger partial charge on any atom is 0.472 e. The van der Waals surface area contributed by atoms with Crippen LogP contribution in [-0.4, -0.2) is 56.7 Å². The number of aromatic amines is 1. The molecule has 0 radical (unpaired) electrons. The number of nitrogens with zero attached hydrogens (tertiary/aromatic N) is 1. The van der Waals surface area contributed by atoms with Gasteiger partial charge < -0.3 is 19.8 Å². The number of rotatable bonds is 5. The van der Waals surface area contributed by atoms with E-state index in [4.69, 9.17) is 9.63 Å². The van der Waals surface area contributed by atoms with Crippen molar-refractivity contribution >= 4 is 7.82 Å². The average Bonchev–Trinajstić information content (AvgIpc) is 2.73. The third kappa shape index (κ3) is 3.52. The average molecular weight is 338 g/mol. The molecule has 0 spiro atoms. The van der Waals surface area contributed by atoms with Gasteiger partial charge >= 0.3 is 13.5 Å². The van der Waals surface area contributed by atoms with Crippen LogP contribution in [0, 0.1) is 0 Å². The van der Waals surface area contributed by atoms with Gasteiger partial charge in [0.1, 0.15) is 18.3 Å². The van der Waals surface area contributed by atoms with Crippen LogP contribution < -0.4 is 11.2 Å². The minimum atomic E-state index is -4.27. The number of nitrogens with one attached hydrogen (secondary N) is 1. The first-order valence-electron chi connectivity index (χ1n) is 6.11. The molecule has 22 heavy (non-hydrogen) atoms. The first kappa shape index (κ1) is 17.0. The first-order valence-corrected chi connectivity index (χ1v) is 7.61. The number of H-pyrrole nitrogens is 1. The Bertz CT molecular complexity index is 685. The van der Waals surface area contributed by atoms with E-state index in [-0.39, 0.29) is 0 Å². The molecule has 0 bridgehead atoms. The molecule has 1 aliphatic heterocycles. The number of aromatic nitrogens is 2. The van der Waals surface area contributed by atoms with Crippen LogP contribution in [0.5, 0.6) is 0 Å².